The number of carbonyl (C=O) groups is 3. The molecule has 0 aliphatic carbocycles. The third-order valence-electron chi connectivity index (χ3n) is 8.30. The number of aliphatic carboxylic acids is 1. The highest BCUT2D eigenvalue weighted by Gasteiger charge is 2.51. The van der Waals surface area contributed by atoms with Gasteiger partial charge in [-0.1, -0.05) is 90.5 Å². The minimum absolute atomic E-state index is 0.0103. The van der Waals surface area contributed by atoms with Gasteiger partial charge in [0, 0.05) is 25.3 Å². The lowest BCUT2D eigenvalue weighted by molar-refractivity contribution is -0.939. The number of esters is 1. The number of nitrogens with one attached hydrogen (secondary N) is 1. The number of hydrogen-bond acceptors (Lipinski definition) is 6. The standard InChI is InChI=1S/C31H34N2O4.C2HF3O2/c1-23-12-14-24(15-13-23)20-32-29(34)22-33-18-16-25(17-19-33)28(21-33)37-30(35)31(36,26-8-4-2-5-9-26)27-10-6-3-7-11-27;3-2(4,5)1(6)7/h2-15,25,28,36H,16-22H2,1H3;(H,6,7)/t25?,28-,33?;/m0./s1. The Morgan fingerprint density at radius 2 is 1.41 bits per heavy atom. The Kier molecular flexibility index (Phi) is 10.1. The van der Waals surface area contributed by atoms with Gasteiger partial charge in [0.05, 0.1) is 13.1 Å². The molecule has 3 aliphatic rings. The van der Waals surface area contributed by atoms with E-state index in [0.717, 1.165) is 31.5 Å². The minimum Gasteiger partial charge on any atom is -0.542 e. The van der Waals surface area contributed by atoms with E-state index in [2.05, 4.69) is 5.32 Å². The summed E-state index contributed by atoms with van der Waals surface area (Å²) in [5.74, 6) is -3.41. The van der Waals surface area contributed by atoms with Crippen LogP contribution >= 0.6 is 0 Å². The van der Waals surface area contributed by atoms with Crippen LogP contribution in [0.15, 0.2) is 84.9 Å². The van der Waals surface area contributed by atoms with E-state index in [1.54, 1.807) is 48.5 Å². The highest BCUT2D eigenvalue weighted by atomic mass is 19.4. The summed E-state index contributed by atoms with van der Waals surface area (Å²) in [6.45, 7) is 5.31. The molecule has 3 aliphatic heterocycles. The minimum atomic E-state index is -5.19. The summed E-state index contributed by atoms with van der Waals surface area (Å²) in [4.78, 5) is 35.4. The van der Waals surface area contributed by atoms with Crippen LogP contribution in [0.4, 0.5) is 13.2 Å². The number of halogens is 3. The molecule has 234 valence electrons. The third-order valence-corrected chi connectivity index (χ3v) is 8.30. The van der Waals surface area contributed by atoms with E-state index < -0.39 is 23.7 Å². The molecule has 1 amide bonds. The van der Waals surface area contributed by atoms with Gasteiger partial charge in [0.25, 0.3) is 5.91 Å². The highest BCUT2D eigenvalue weighted by molar-refractivity contribution is 5.85. The number of aryl methyl sites for hydroxylation is 1. The lowest BCUT2D eigenvalue weighted by Gasteiger charge is -2.51. The first-order chi connectivity index (χ1) is 20.8. The zero-order valence-electron chi connectivity index (χ0n) is 24.3. The first kappa shape index (κ1) is 32.7. The number of aliphatic hydroxyl groups is 1. The van der Waals surface area contributed by atoms with Crippen molar-refractivity contribution in [2.75, 3.05) is 26.2 Å². The quantitative estimate of drug-likeness (QED) is 0.299. The van der Waals surface area contributed by atoms with Crippen molar-refractivity contribution >= 4 is 17.8 Å². The first-order valence-electron chi connectivity index (χ1n) is 14.3. The summed E-state index contributed by atoms with van der Waals surface area (Å²) in [7, 11) is 0. The number of piperidine rings is 3. The van der Waals surface area contributed by atoms with Gasteiger partial charge in [-0.3, -0.25) is 4.79 Å². The Labute approximate surface area is 253 Å². The van der Waals surface area contributed by atoms with Gasteiger partial charge in [0.2, 0.25) is 5.60 Å². The molecule has 2 bridgehead atoms. The van der Waals surface area contributed by atoms with Crippen molar-refractivity contribution in [2.24, 2.45) is 5.92 Å². The normalized spacial score (nSPS) is 21.0. The Hall–Kier alpha value is -4.22. The van der Waals surface area contributed by atoms with Crippen LogP contribution in [0.1, 0.15) is 35.1 Å². The van der Waals surface area contributed by atoms with Crippen molar-refractivity contribution in [1.82, 2.24) is 5.32 Å². The Morgan fingerprint density at radius 3 is 1.89 bits per heavy atom. The molecule has 44 heavy (non-hydrogen) atoms. The zero-order valence-corrected chi connectivity index (χ0v) is 24.3. The molecule has 3 heterocycles. The number of alkyl halides is 3. The average Bonchev–Trinajstić information content (AvgIpc) is 3.01. The molecule has 1 atom stereocenters. The zero-order chi connectivity index (χ0) is 32.0. The molecule has 11 heteroatoms. The van der Waals surface area contributed by atoms with Crippen LogP contribution in [0.3, 0.4) is 0 Å². The Balaban J connectivity index is 0.000000566. The monoisotopic (exact) mass is 612 g/mol. The summed E-state index contributed by atoms with van der Waals surface area (Å²) in [6, 6.07) is 26.1. The van der Waals surface area contributed by atoms with Crippen molar-refractivity contribution < 1.29 is 47.0 Å². The van der Waals surface area contributed by atoms with E-state index in [1.807, 2.05) is 43.3 Å². The maximum absolute atomic E-state index is 13.7. The van der Waals surface area contributed by atoms with Gasteiger partial charge >= 0.3 is 12.1 Å². The second-order valence-electron chi connectivity index (χ2n) is 11.4. The van der Waals surface area contributed by atoms with Gasteiger partial charge in [-0.15, -0.1) is 0 Å². The molecule has 8 nitrogen and oxygen atoms in total. The fourth-order valence-corrected chi connectivity index (χ4v) is 5.83. The largest absolute Gasteiger partial charge is 0.542 e. The molecule has 0 saturated carbocycles. The maximum Gasteiger partial charge on any atom is 0.430 e. The summed E-state index contributed by atoms with van der Waals surface area (Å²) in [6.07, 6.45) is -3.73. The number of carboxylic acids is 1. The van der Waals surface area contributed by atoms with Gasteiger partial charge in [-0.2, -0.15) is 13.2 Å². The van der Waals surface area contributed by atoms with Crippen LogP contribution in [0.25, 0.3) is 0 Å². The van der Waals surface area contributed by atoms with Crippen molar-refractivity contribution in [1.29, 1.82) is 0 Å². The lowest BCUT2D eigenvalue weighted by Crippen LogP contribution is -2.66. The summed E-state index contributed by atoms with van der Waals surface area (Å²) in [5, 5.41) is 23.6. The number of fused-ring (bicyclic) bond motifs is 3. The predicted octanol–water partition coefficient (Wildman–Crippen LogP) is 3.00. The summed E-state index contributed by atoms with van der Waals surface area (Å²) in [5.41, 5.74) is 1.32. The number of carboxylic acid groups (broad SMARTS) is 1. The highest BCUT2D eigenvalue weighted by Crippen LogP contribution is 2.38. The second-order valence-corrected chi connectivity index (χ2v) is 11.4. The molecule has 3 aromatic carbocycles. The molecule has 0 spiro atoms. The van der Waals surface area contributed by atoms with Gasteiger partial charge < -0.3 is 29.5 Å². The molecule has 0 unspecified atom stereocenters. The molecule has 3 saturated heterocycles. The number of nitrogens with zero attached hydrogens (tertiary/aromatic N) is 1. The SMILES string of the molecule is Cc1ccc(CNC(=O)C[N+]23CCC(CC2)[C@@H](OC(=O)C(O)(c2ccccc2)c2ccccc2)C3)cc1.O=C([O-])C(F)(F)F. The molecular formula is C33H35F3N2O6. The summed E-state index contributed by atoms with van der Waals surface area (Å²) >= 11 is 0. The van der Waals surface area contributed by atoms with Crippen molar-refractivity contribution in [3.05, 3.63) is 107 Å². The van der Waals surface area contributed by atoms with Crippen LogP contribution in [-0.4, -0.2) is 65.9 Å². The van der Waals surface area contributed by atoms with Crippen molar-refractivity contribution in [3.8, 4) is 0 Å². The van der Waals surface area contributed by atoms with E-state index in [4.69, 9.17) is 14.6 Å². The third kappa shape index (κ3) is 7.83. The molecule has 6 rings (SSSR count). The summed E-state index contributed by atoms with van der Waals surface area (Å²) < 4.78 is 38.3. The van der Waals surface area contributed by atoms with Crippen LogP contribution in [0.2, 0.25) is 0 Å². The molecule has 0 radical (unpaired) electrons. The molecular weight excluding hydrogens is 577 g/mol. The lowest BCUT2D eigenvalue weighted by atomic mass is 9.82. The first-order valence-corrected chi connectivity index (χ1v) is 14.3. The number of carbonyl (C=O) groups excluding carboxylic acids is 3. The van der Waals surface area contributed by atoms with E-state index in [0.29, 0.717) is 35.2 Å². The maximum atomic E-state index is 13.7. The topological polar surface area (TPSA) is 116 Å². The number of rotatable bonds is 8. The molecule has 3 fully saturated rings. The fourth-order valence-electron chi connectivity index (χ4n) is 5.83. The predicted molar refractivity (Wildman–Crippen MR) is 152 cm³/mol. The van der Waals surface area contributed by atoms with E-state index in [-0.39, 0.29) is 17.9 Å². The van der Waals surface area contributed by atoms with E-state index in [1.165, 1.54) is 5.56 Å². The number of amides is 1. The number of ether oxygens (including phenoxy) is 1. The van der Waals surface area contributed by atoms with E-state index >= 15 is 0 Å². The fraction of sp³-hybridized carbons (Fsp3) is 0.364. The number of quaternary nitrogens is 1. The second kappa shape index (κ2) is 13.6. The van der Waals surface area contributed by atoms with Gasteiger partial charge in [0.1, 0.15) is 12.5 Å². The Morgan fingerprint density at radius 1 is 0.909 bits per heavy atom. The average molecular weight is 613 g/mol. The molecule has 2 N–H and O–H groups in total. The van der Waals surface area contributed by atoms with Crippen LogP contribution in [0, 0.1) is 12.8 Å². The number of hydrogen-bond donors (Lipinski definition) is 2. The van der Waals surface area contributed by atoms with Crippen LogP contribution < -0.4 is 10.4 Å². The Bertz CT molecular complexity index is 1380. The number of benzene rings is 3. The van der Waals surface area contributed by atoms with Crippen molar-refractivity contribution in [3.63, 3.8) is 0 Å². The smallest absolute Gasteiger partial charge is 0.430 e. The van der Waals surface area contributed by atoms with Gasteiger partial charge in [-0.25, -0.2) is 4.79 Å². The van der Waals surface area contributed by atoms with Crippen LogP contribution in [-0.2, 0) is 31.3 Å². The van der Waals surface area contributed by atoms with Crippen molar-refractivity contribution in [2.45, 2.75) is 44.2 Å². The van der Waals surface area contributed by atoms with Gasteiger partial charge in [-0.05, 0) is 23.6 Å². The van der Waals surface area contributed by atoms with Gasteiger partial charge in [0.15, 0.2) is 12.6 Å². The molecule has 0 aromatic heterocycles. The molecule has 3 aromatic rings. The van der Waals surface area contributed by atoms with E-state index in [9.17, 15) is 27.9 Å². The van der Waals surface area contributed by atoms with Crippen LogP contribution in [0.5, 0.6) is 0 Å².